The first-order chi connectivity index (χ1) is 12.6. The van der Waals surface area contributed by atoms with Crippen molar-refractivity contribution in [2.45, 2.75) is 45.2 Å². The van der Waals surface area contributed by atoms with Crippen molar-refractivity contribution in [3.8, 4) is 5.75 Å². The van der Waals surface area contributed by atoms with Crippen LogP contribution in [0.4, 0.5) is 0 Å². The highest BCUT2D eigenvalue weighted by atomic mass is 16.5. The number of hydrogen-bond donors (Lipinski definition) is 1. The van der Waals surface area contributed by atoms with Crippen LogP contribution in [-0.2, 0) is 11.3 Å². The lowest BCUT2D eigenvalue weighted by atomic mass is 9.86. The fourth-order valence-electron chi connectivity index (χ4n) is 4.08. The lowest BCUT2D eigenvalue weighted by Crippen LogP contribution is -2.51. The Bertz CT molecular complexity index is 567. The normalized spacial score (nSPS) is 25.0. The largest absolute Gasteiger partial charge is 0.497 e. The van der Waals surface area contributed by atoms with E-state index < -0.39 is 0 Å². The van der Waals surface area contributed by atoms with Gasteiger partial charge in [-0.2, -0.15) is 0 Å². The Morgan fingerprint density at radius 3 is 2.38 bits per heavy atom. The highest BCUT2D eigenvalue weighted by molar-refractivity contribution is 5.78. The van der Waals surface area contributed by atoms with Crippen LogP contribution in [0.3, 0.4) is 0 Å². The van der Waals surface area contributed by atoms with E-state index in [1.165, 1.54) is 24.8 Å². The van der Waals surface area contributed by atoms with Gasteiger partial charge in [0.1, 0.15) is 5.75 Å². The van der Waals surface area contributed by atoms with Crippen molar-refractivity contribution < 1.29 is 9.53 Å². The van der Waals surface area contributed by atoms with E-state index >= 15 is 0 Å². The van der Waals surface area contributed by atoms with Crippen LogP contribution in [0.25, 0.3) is 0 Å². The molecule has 1 heterocycles. The standard InChI is InChI=1S/C21H33N3O2/c1-17-5-3-4-6-20(17)22-21(25)16-24-13-11-23(12-14-24)15-18-7-9-19(26-2)10-8-18/h7-10,17,20H,3-6,11-16H2,1-2H3,(H,22,25)/t17-,20-/m0/s1. The molecular formula is C21H33N3O2. The number of nitrogens with zero attached hydrogens (tertiary/aromatic N) is 2. The molecule has 1 aromatic rings. The molecule has 26 heavy (non-hydrogen) atoms. The molecule has 1 amide bonds. The van der Waals surface area contributed by atoms with Crippen LogP contribution >= 0.6 is 0 Å². The number of ether oxygens (including phenoxy) is 1. The number of benzene rings is 1. The first kappa shape index (κ1) is 19.2. The summed E-state index contributed by atoms with van der Waals surface area (Å²) in [7, 11) is 1.69. The van der Waals surface area contributed by atoms with Crippen LogP contribution in [0.2, 0.25) is 0 Å². The average Bonchev–Trinajstić information content (AvgIpc) is 2.66. The Kier molecular flexibility index (Phi) is 6.92. The summed E-state index contributed by atoms with van der Waals surface area (Å²) < 4.78 is 5.21. The minimum atomic E-state index is 0.201. The fraction of sp³-hybridized carbons (Fsp3) is 0.667. The van der Waals surface area contributed by atoms with Gasteiger partial charge in [-0.25, -0.2) is 0 Å². The number of carbonyl (C=O) groups excluding carboxylic acids is 1. The maximum Gasteiger partial charge on any atom is 0.234 e. The van der Waals surface area contributed by atoms with E-state index in [1.807, 2.05) is 12.1 Å². The topological polar surface area (TPSA) is 44.8 Å². The van der Waals surface area contributed by atoms with E-state index in [2.05, 4.69) is 34.2 Å². The van der Waals surface area contributed by atoms with E-state index in [0.717, 1.165) is 44.9 Å². The third-order valence-electron chi connectivity index (χ3n) is 5.86. The molecule has 3 rings (SSSR count). The van der Waals surface area contributed by atoms with Gasteiger partial charge in [-0.05, 0) is 36.5 Å². The van der Waals surface area contributed by atoms with E-state index in [-0.39, 0.29) is 5.91 Å². The maximum absolute atomic E-state index is 12.4. The number of hydrogen-bond acceptors (Lipinski definition) is 4. The van der Waals surface area contributed by atoms with Gasteiger partial charge in [-0.1, -0.05) is 31.9 Å². The molecule has 0 radical (unpaired) electrons. The molecule has 5 heteroatoms. The summed E-state index contributed by atoms with van der Waals surface area (Å²) in [5.74, 6) is 1.72. The molecule has 2 atom stereocenters. The van der Waals surface area contributed by atoms with Gasteiger partial charge in [0, 0.05) is 38.8 Å². The second kappa shape index (κ2) is 9.38. The summed E-state index contributed by atoms with van der Waals surface area (Å²) in [6, 6.07) is 8.67. The van der Waals surface area contributed by atoms with Crippen LogP contribution in [0.5, 0.6) is 5.75 Å². The predicted octanol–water partition coefficient (Wildman–Crippen LogP) is 2.51. The number of rotatable bonds is 6. The van der Waals surface area contributed by atoms with Gasteiger partial charge in [0.25, 0.3) is 0 Å². The second-order valence-corrected chi connectivity index (χ2v) is 7.84. The van der Waals surface area contributed by atoms with Gasteiger partial charge in [-0.15, -0.1) is 0 Å². The molecule has 0 bridgehead atoms. The van der Waals surface area contributed by atoms with Gasteiger partial charge < -0.3 is 10.1 Å². The van der Waals surface area contributed by atoms with E-state index in [0.29, 0.717) is 18.5 Å². The van der Waals surface area contributed by atoms with Crippen LogP contribution in [-0.4, -0.2) is 61.6 Å². The molecular weight excluding hydrogens is 326 g/mol. The summed E-state index contributed by atoms with van der Waals surface area (Å²) in [4.78, 5) is 17.1. The van der Waals surface area contributed by atoms with Crippen molar-refractivity contribution in [2.24, 2.45) is 5.92 Å². The molecule has 1 aliphatic heterocycles. The Morgan fingerprint density at radius 1 is 1.08 bits per heavy atom. The second-order valence-electron chi connectivity index (χ2n) is 7.84. The molecule has 2 aliphatic rings. The van der Waals surface area contributed by atoms with Gasteiger partial charge in [0.2, 0.25) is 5.91 Å². The molecule has 144 valence electrons. The highest BCUT2D eigenvalue weighted by Gasteiger charge is 2.24. The minimum Gasteiger partial charge on any atom is -0.497 e. The molecule has 5 nitrogen and oxygen atoms in total. The van der Waals surface area contributed by atoms with Crippen molar-refractivity contribution in [2.75, 3.05) is 39.8 Å². The minimum absolute atomic E-state index is 0.201. The number of nitrogens with one attached hydrogen (secondary N) is 1. The summed E-state index contributed by atoms with van der Waals surface area (Å²) in [5.41, 5.74) is 1.31. The van der Waals surface area contributed by atoms with E-state index in [9.17, 15) is 4.79 Å². The molecule has 2 fully saturated rings. The molecule has 0 unspecified atom stereocenters. The quantitative estimate of drug-likeness (QED) is 0.848. The first-order valence-corrected chi connectivity index (χ1v) is 10.0. The van der Waals surface area contributed by atoms with Crippen LogP contribution in [0.1, 0.15) is 38.2 Å². The Morgan fingerprint density at radius 2 is 1.73 bits per heavy atom. The van der Waals surface area contributed by atoms with E-state index in [1.54, 1.807) is 7.11 Å². The predicted molar refractivity (Wildman–Crippen MR) is 104 cm³/mol. The van der Waals surface area contributed by atoms with Crippen LogP contribution in [0.15, 0.2) is 24.3 Å². The lowest BCUT2D eigenvalue weighted by molar-refractivity contribution is -0.124. The SMILES string of the molecule is COc1ccc(CN2CCN(CC(=O)N[C@H]3CCCC[C@@H]3C)CC2)cc1. The van der Waals surface area contributed by atoms with E-state index in [4.69, 9.17) is 4.74 Å². The zero-order chi connectivity index (χ0) is 18.4. The van der Waals surface area contributed by atoms with Crippen molar-refractivity contribution in [1.29, 1.82) is 0 Å². The molecule has 1 N–H and O–H groups in total. The zero-order valence-electron chi connectivity index (χ0n) is 16.2. The Hall–Kier alpha value is -1.59. The zero-order valence-corrected chi connectivity index (χ0v) is 16.2. The number of piperazine rings is 1. The average molecular weight is 360 g/mol. The summed E-state index contributed by atoms with van der Waals surface area (Å²) in [6.07, 6.45) is 4.94. The van der Waals surface area contributed by atoms with Crippen molar-refractivity contribution in [3.63, 3.8) is 0 Å². The number of amides is 1. The number of carbonyl (C=O) groups is 1. The highest BCUT2D eigenvalue weighted by Crippen LogP contribution is 2.23. The molecule has 0 spiro atoms. The third kappa shape index (κ3) is 5.45. The van der Waals surface area contributed by atoms with Gasteiger partial charge in [0.15, 0.2) is 0 Å². The van der Waals surface area contributed by atoms with Gasteiger partial charge >= 0.3 is 0 Å². The van der Waals surface area contributed by atoms with Crippen LogP contribution in [0, 0.1) is 5.92 Å². The molecule has 1 saturated carbocycles. The van der Waals surface area contributed by atoms with Crippen molar-refractivity contribution in [1.82, 2.24) is 15.1 Å². The fourth-order valence-corrected chi connectivity index (χ4v) is 4.08. The lowest BCUT2D eigenvalue weighted by Gasteiger charge is -2.35. The van der Waals surface area contributed by atoms with Crippen molar-refractivity contribution in [3.05, 3.63) is 29.8 Å². The number of methoxy groups -OCH3 is 1. The van der Waals surface area contributed by atoms with Crippen LogP contribution < -0.4 is 10.1 Å². The summed E-state index contributed by atoms with van der Waals surface area (Å²) in [6.45, 7) is 7.72. The first-order valence-electron chi connectivity index (χ1n) is 10.0. The molecule has 1 aromatic carbocycles. The Balaban J connectivity index is 1.38. The monoisotopic (exact) mass is 359 g/mol. The maximum atomic E-state index is 12.4. The molecule has 0 aromatic heterocycles. The third-order valence-corrected chi connectivity index (χ3v) is 5.86. The summed E-state index contributed by atoms with van der Waals surface area (Å²) in [5, 5.41) is 3.27. The molecule has 1 saturated heterocycles. The van der Waals surface area contributed by atoms with Gasteiger partial charge in [-0.3, -0.25) is 14.6 Å². The van der Waals surface area contributed by atoms with Gasteiger partial charge in [0.05, 0.1) is 13.7 Å². The van der Waals surface area contributed by atoms with Crippen molar-refractivity contribution >= 4 is 5.91 Å². The molecule has 1 aliphatic carbocycles. The Labute approximate surface area is 157 Å². The summed E-state index contributed by atoms with van der Waals surface area (Å²) >= 11 is 0. The smallest absolute Gasteiger partial charge is 0.234 e.